The number of ether oxygens (including phenoxy) is 1. The summed E-state index contributed by atoms with van der Waals surface area (Å²) in [4.78, 5) is 12.6. The highest BCUT2D eigenvalue weighted by Gasteiger charge is 2.21. The van der Waals surface area contributed by atoms with Crippen molar-refractivity contribution in [1.29, 1.82) is 0 Å². The third-order valence-corrected chi connectivity index (χ3v) is 4.19. The van der Waals surface area contributed by atoms with E-state index in [1.54, 1.807) is 18.2 Å². The highest BCUT2D eigenvalue weighted by atomic mass is 35.5. The molecule has 1 unspecified atom stereocenters. The van der Waals surface area contributed by atoms with Gasteiger partial charge in [0.1, 0.15) is 12.7 Å². The quantitative estimate of drug-likeness (QED) is 0.607. The van der Waals surface area contributed by atoms with Crippen LogP contribution in [0.3, 0.4) is 0 Å². The number of nitro groups is 1. The van der Waals surface area contributed by atoms with Gasteiger partial charge in [-0.3, -0.25) is 10.1 Å². The second kappa shape index (κ2) is 9.70. The van der Waals surface area contributed by atoms with Crippen LogP contribution in [0.4, 0.5) is 5.69 Å². The van der Waals surface area contributed by atoms with Crippen molar-refractivity contribution in [3.63, 3.8) is 0 Å². The number of likely N-dealkylation sites (N-methyl/N-ethyl adjacent to an activating group) is 1. The summed E-state index contributed by atoms with van der Waals surface area (Å²) in [5.41, 5.74) is -0.0738. The van der Waals surface area contributed by atoms with Crippen LogP contribution in [0.15, 0.2) is 24.3 Å². The molecule has 1 aromatic rings. The minimum atomic E-state index is -0.660. The molecule has 0 bridgehead atoms. The Labute approximate surface area is 143 Å². The molecule has 0 spiro atoms. The Morgan fingerprint density at radius 1 is 1.35 bits per heavy atom. The monoisotopic (exact) mass is 344 g/mol. The molecule has 1 aliphatic carbocycles. The summed E-state index contributed by atoms with van der Waals surface area (Å²) in [6.45, 7) is 0.577. The number of nitrogens with zero attached hydrogens (tertiary/aromatic N) is 2. The van der Waals surface area contributed by atoms with E-state index in [-0.39, 0.29) is 30.5 Å². The Balaban J connectivity index is 0.00000264. The minimum Gasteiger partial charge on any atom is -0.484 e. The number of benzene rings is 1. The van der Waals surface area contributed by atoms with Crippen molar-refractivity contribution in [2.75, 3.05) is 20.2 Å². The van der Waals surface area contributed by atoms with Gasteiger partial charge in [-0.05, 0) is 26.0 Å². The number of rotatable bonds is 7. The maximum Gasteiger partial charge on any atom is 0.310 e. The van der Waals surface area contributed by atoms with E-state index in [2.05, 4.69) is 4.90 Å². The van der Waals surface area contributed by atoms with Crippen LogP contribution in [0.2, 0.25) is 0 Å². The lowest BCUT2D eigenvalue weighted by Gasteiger charge is -2.32. The van der Waals surface area contributed by atoms with Gasteiger partial charge in [-0.25, -0.2) is 0 Å². The van der Waals surface area contributed by atoms with Crippen molar-refractivity contribution in [2.24, 2.45) is 0 Å². The van der Waals surface area contributed by atoms with Gasteiger partial charge in [-0.1, -0.05) is 31.4 Å². The van der Waals surface area contributed by atoms with Crippen molar-refractivity contribution >= 4 is 18.1 Å². The normalized spacial score (nSPS) is 16.7. The van der Waals surface area contributed by atoms with Crippen molar-refractivity contribution in [2.45, 2.75) is 44.2 Å². The summed E-state index contributed by atoms with van der Waals surface area (Å²) in [6, 6.07) is 6.75. The lowest BCUT2D eigenvalue weighted by Crippen LogP contribution is -2.40. The fraction of sp³-hybridized carbons (Fsp3) is 0.625. The molecule has 0 saturated heterocycles. The van der Waals surface area contributed by atoms with E-state index in [0.29, 0.717) is 12.6 Å². The maximum atomic E-state index is 10.9. The number of hydrogen-bond donors (Lipinski definition) is 1. The highest BCUT2D eigenvalue weighted by Crippen LogP contribution is 2.26. The van der Waals surface area contributed by atoms with E-state index in [1.807, 2.05) is 7.05 Å². The molecule has 6 nitrogen and oxygen atoms in total. The Bertz CT molecular complexity index is 495. The summed E-state index contributed by atoms with van der Waals surface area (Å²) in [5.74, 6) is 0.201. The van der Waals surface area contributed by atoms with Crippen LogP contribution in [0.5, 0.6) is 5.75 Å². The second-order valence-electron chi connectivity index (χ2n) is 5.92. The van der Waals surface area contributed by atoms with Gasteiger partial charge in [-0.2, -0.15) is 0 Å². The molecular formula is C16H25ClN2O4. The lowest BCUT2D eigenvalue weighted by molar-refractivity contribution is -0.385. The molecule has 1 atom stereocenters. The van der Waals surface area contributed by atoms with Crippen molar-refractivity contribution < 1.29 is 14.8 Å². The largest absolute Gasteiger partial charge is 0.484 e. The van der Waals surface area contributed by atoms with Gasteiger partial charge in [0, 0.05) is 18.7 Å². The SMILES string of the molecule is CN(CC(O)COc1ccccc1[N+](=O)[O-])C1CCCCC1.Cl. The fourth-order valence-electron chi connectivity index (χ4n) is 2.97. The first-order chi connectivity index (χ1) is 10.6. The van der Waals surface area contributed by atoms with Gasteiger partial charge < -0.3 is 14.7 Å². The molecule has 0 radical (unpaired) electrons. The third kappa shape index (κ3) is 5.97. The van der Waals surface area contributed by atoms with Crippen molar-refractivity contribution in [3.8, 4) is 5.75 Å². The molecule has 2 rings (SSSR count). The molecule has 23 heavy (non-hydrogen) atoms. The predicted octanol–water partition coefficient (Wildman–Crippen LogP) is 3.02. The van der Waals surface area contributed by atoms with E-state index in [9.17, 15) is 15.2 Å². The standard InChI is InChI=1S/C16H24N2O4.ClH/c1-17(13-7-3-2-4-8-13)11-14(19)12-22-16-10-6-5-9-15(16)18(20)21;/h5-6,9-10,13-14,19H,2-4,7-8,11-12H2,1H3;1H. The molecule has 1 N–H and O–H groups in total. The van der Waals surface area contributed by atoms with E-state index in [0.717, 1.165) is 0 Å². The molecule has 0 amide bonds. The first-order valence-electron chi connectivity index (χ1n) is 7.82. The zero-order valence-electron chi connectivity index (χ0n) is 13.4. The molecule has 7 heteroatoms. The Hall–Kier alpha value is -1.37. The summed E-state index contributed by atoms with van der Waals surface area (Å²) in [6.07, 6.45) is 5.48. The van der Waals surface area contributed by atoms with Crippen molar-refractivity contribution in [1.82, 2.24) is 4.90 Å². The molecule has 1 fully saturated rings. The smallest absolute Gasteiger partial charge is 0.310 e. The number of nitro benzene ring substituents is 1. The van der Waals surface area contributed by atoms with Crippen LogP contribution in [-0.4, -0.2) is 47.3 Å². The molecule has 130 valence electrons. The topological polar surface area (TPSA) is 75.8 Å². The molecule has 1 aliphatic rings. The molecule has 1 aromatic carbocycles. The van der Waals surface area contributed by atoms with Gasteiger partial charge in [0.25, 0.3) is 0 Å². The van der Waals surface area contributed by atoms with Crippen molar-refractivity contribution in [3.05, 3.63) is 34.4 Å². The van der Waals surface area contributed by atoms with Crippen LogP contribution in [0.1, 0.15) is 32.1 Å². The van der Waals surface area contributed by atoms with Gasteiger partial charge in [-0.15, -0.1) is 12.4 Å². The zero-order valence-corrected chi connectivity index (χ0v) is 14.2. The average molecular weight is 345 g/mol. The third-order valence-electron chi connectivity index (χ3n) is 4.19. The first-order valence-corrected chi connectivity index (χ1v) is 7.82. The molecule has 0 aromatic heterocycles. The van der Waals surface area contributed by atoms with Gasteiger partial charge in [0.05, 0.1) is 4.92 Å². The Kier molecular flexibility index (Phi) is 8.30. The lowest BCUT2D eigenvalue weighted by atomic mass is 9.94. The van der Waals surface area contributed by atoms with Crippen LogP contribution in [0.25, 0.3) is 0 Å². The van der Waals surface area contributed by atoms with Crippen LogP contribution in [0, 0.1) is 10.1 Å². The molecule has 0 aliphatic heterocycles. The summed E-state index contributed by atoms with van der Waals surface area (Å²) < 4.78 is 5.43. The molecule has 0 heterocycles. The van der Waals surface area contributed by atoms with E-state index in [4.69, 9.17) is 4.74 Å². The summed E-state index contributed by atoms with van der Waals surface area (Å²) in [5, 5.41) is 21.0. The maximum absolute atomic E-state index is 10.9. The Morgan fingerprint density at radius 2 is 2.00 bits per heavy atom. The first kappa shape index (κ1) is 19.7. The van der Waals surface area contributed by atoms with Gasteiger partial charge >= 0.3 is 5.69 Å². The predicted molar refractivity (Wildman–Crippen MR) is 91.3 cm³/mol. The highest BCUT2D eigenvalue weighted by molar-refractivity contribution is 5.85. The average Bonchev–Trinajstić information content (AvgIpc) is 2.54. The van der Waals surface area contributed by atoms with E-state index < -0.39 is 11.0 Å². The van der Waals surface area contributed by atoms with E-state index in [1.165, 1.54) is 38.2 Å². The minimum absolute atomic E-state index is 0. The number of aliphatic hydroxyl groups excluding tert-OH is 1. The van der Waals surface area contributed by atoms with Gasteiger partial charge in [0.2, 0.25) is 0 Å². The number of aliphatic hydroxyl groups is 1. The van der Waals surface area contributed by atoms with Gasteiger partial charge in [0.15, 0.2) is 5.75 Å². The second-order valence-corrected chi connectivity index (χ2v) is 5.92. The van der Waals surface area contributed by atoms with Crippen LogP contribution >= 0.6 is 12.4 Å². The summed E-state index contributed by atoms with van der Waals surface area (Å²) in [7, 11) is 2.02. The van der Waals surface area contributed by atoms with E-state index >= 15 is 0 Å². The number of halogens is 1. The number of para-hydroxylation sites is 2. The fourth-order valence-corrected chi connectivity index (χ4v) is 2.97. The number of hydrogen-bond acceptors (Lipinski definition) is 5. The molecular weight excluding hydrogens is 320 g/mol. The van der Waals surface area contributed by atoms with Crippen LogP contribution in [-0.2, 0) is 0 Å². The Morgan fingerprint density at radius 3 is 2.65 bits per heavy atom. The molecule has 1 saturated carbocycles. The zero-order chi connectivity index (χ0) is 15.9. The summed E-state index contributed by atoms with van der Waals surface area (Å²) >= 11 is 0. The van der Waals surface area contributed by atoms with Crippen LogP contribution < -0.4 is 4.74 Å².